The third-order valence-electron chi connectivity index (χ3n) is 15.2. The van der Waals surface area contributed by atoms with Gasteiger partial charge in [0.05, 0.1) is 11.4 Å². The average Bonchev–Trinajstić information content (AvgIpc) is 3.70. The molecule has 0 saturated heterocycles. The van der Waals surface area contributed by atoms with Crippen LogP contribution in [0, 0.1) is 13.8 Å². The molecule has 3 heterocycles. The van der Waals surface area contributed by atoms with Crippen LogP contribution in [0.3, 0.4) is 0 Å². The van der Waals surface area contributed by atoms with Gasteiger partial charge in [-0.3, -0.25) is 0 Å². The van der Waals surface area contributed by atoms with Crippen LogP contribution in [0.15, 0.2) is 162 Å². The molecule has 356 valence electrons. The van der Waals surface area contributed by atoms with Gasteiger partial charge in [-0.05, 0) is 146 Å². The maximum atomic E-state index is 6.93. The molecular formula is C66H68BN3O. The Kier molecular flexibility index (Phi) is 10.6. The summed E-state index contributed by atoms with van der Waals surface area (Å²) >= 11 is 0. The summed E-state index contributed by atoms with van der Waals surface area (Å²) in [6.07, 6.45) is 0. The van der Waals surface area contributed by atoms with Gasteiger partial charge in [0.1, 0.15) is 5.58 Å². The van der Waals surface area contributed by atoms with Gasteiger partial charge in [0.2, 0.25) is 0 Å². The molecule has 0 bridgehead atoms. The van der Waals surface area contributed by atoms with Crippen LogP contribution in [-0.4, -0.2) is 6.71 Å². The van der Waals surface area contributed by atoms with Gasteiger partial charge in [-0.15, -0.1) is 0 Å². The van der Waals surface area contributed by atoms with Crippen molar-refractivity contribution in [1.82, 2.24) is 0 Å². The van der Waals surface area contributed by atoms with E-state index in [-0.39, 0.29) is 28.4 Å². The lowest BCUT2D eigenvalue weighted by atomic mass is 9.33. The average molecular weight is 930 g/mol. The molecule has 0 unspecified atom stereocenters. The Hall–Kier alpha value is -6.98. The van der Waals surface area contributed by atoms with Gasteiger partial charge in [0.15, 0.2) is 5.58 Å². The van der Waals surface area contributed by atoms with Crippen molar-refractivity contribution >= 4 is 96.2 Å². The van der Waals surface area contributed by atoms with Crippen molar-refractivity contribution in [3.63, 3.8) is 0 Å². The summed E-state index contributed by atoms with van der Waals surface area (Å²) in [5, 5.41) is 2.21. The molecule has 5 heteroatoms. The van der Waals surface area contributed by atoms with E-state index in [0.717, 1.165) is 61.8 Å². The second-order valence-electron chi connectivity index (χ2n) is 24.5. The van der Waals surface area contributed by atoms with Crippen LogP contribution in [0.5, 0.6) is 0 Å². The molecule has 0 aliphatic carbocycles. The highest BCUT2D eigenvalue weighted by Crippen LogP contribution is 2.51. The predicted octanol–water partition coefficient (Wildman–Crippen LogP) is 16.9. The van der Waals surface area contributed by atoms with Gasteiger partial charge in [-0.2, -0.15) is 0 Å². The van der Waals surface area contributed by atoms with Crippen LogP contribution < -0.4 is 31.1 Å². The minimum atomic E-state index is -0.0587. The molecule has 11 rings (SSSR count). The minimum absolute atomic E-state index is 0.00566. The largest absolute Gasteiger partial charge is 0.454 e. The first-order chi connectivity index (χ1) is 33.6. The molecule has 0 saturated carbocycles. The number of anilines is 9. The number of aryl methyl sites for hydroxylation is 2. The van der Waals surface area contributed by atoms with Gasteiger partial charge in [-0.1, -0.05) is 180 Å². The van der Waals surface area contributed by atoms with Crippen LogP contribution in [0.4, 0.5) is 51.2 Å². The van der Waals surface area contributed by atoms with E-state index in [9.17, 15) is 0 Å². The number of hydrogen-bond donors (Lipinski definition) is 0. The van der Waals surface area contributed by atoms with E-state index in [2.05, 4.69) is 269 Å². The monoisotopic (exact) mass is 930 g/mol. The topological polar surface area (TPSA) is 22.9 Å². The highest BCUT2D eigenvalue weighted by Gasteiger charge is 2.45. The maximum Gasteiger partial charge on any atom is 0.252 e. The van der Waals surface area contributed by atoms with Gasteiger partial charge in [0.25, 0.3) is 6.71 Å². The zero-order valence-electron chi connectivity index (χ0n) is 44.3. The zero-order chi connectivity index (χ0) is 50.1. The van der Waals surface area contributed by atoms with Crippen molar-refractivity contribution in [2.45, 2.75) is 119 Å². The van der Waals surface area contributed by atoms with Crippen molar-refractivity contribution in [3.05, 3.63) is 191 Å². The number of benzene rings is 8. The molecule has 71 heavy (non-hydrogen) atoms. The highest BCUT2D eigenvalue weighted by atomic mass is 16.3. The van der Waals surface area contributed by atoms with E-state index in [4.69, 9.17) is 4.42 Å². The summed E-state index contributed by atoms with van der Waals surface area (Å²) in [5.74, 6) is 0. The first kappa shape index (κ1) is 46.4. The summed E-state index contributed by atoms with van der Waals surface area (Å²) < 4.78 is 6.93. The normalized spacial score (nSPS) is 13.7. The second kappa shape index (κ2) is 16.3. The lowest BCUT2D eigenvalue weighted by Gasteiger charge is -2.45. The second-order valence-corrected chi connectivity index (χ2v) is 24.5. The Balaban J connectivity index is 1.29. The number of nitrogens with zero attached hydrogens (tertiary/aromatic N) is 3. The molecule has 1 aromatic heterocycles. The summed E-state index contributed by atoms with van der Waals surface area (Å²) in [6.45, 7) is 32.2. The van der Waals surface area contributed by atoms with E-state index >= 15 is 0 Å². The first-order valence-electron chi connectivity index (χ1n) is 25.6. The summed E-state index contributed by atoms with van der Waals surface area (Å²) in [6, 6.07) is 60.1. The van der Waals surface area contributed by atoms with E-state index in [0.29, 0.717) is 0 Å². The number of furan rings is 1. The maximum absolute atomic E-state index is 6.93. The van der Waals surface area contributed by atoms with Crippen molar-refractivity contribution in [3.8, 4) is 0 Å². The third kappa shape index (κ3) is 7.84. The molecule has 0 N–H and O–H groups in total. The molecular weight excluding hydrogens is 862 g/mol. The SMILES string of the molecule is Cc1ccc(N(c2cc3c4c(c2)N(c2ccc(C(C)(C)C)cc2)c2ccc(C(C)(C)C)cc2B4c2cc(C(C)(C)C)ccc2N3c2ccc(C(C)(C)C)cc2)c2cccc3c2oc2ccccc23)c(C)c1. The summed E-state index contributed by atoms with van der Waals surface area (Å²) in [4.78, 5) is 7.59. The Bertz CT molecular complexity index is 3400. The molecule has 0 radical (unpaired) electrons. The number of hydrogen-bond acceptors (Lipinski definition) is 4. The fourth-order valence-electron chi connectivity index (χ4n) is 11.2. The summed E-state index contributed by atoms with van der Waals surface area (Å²) in [5.41, 5.74) is 23.4. The fourth-order valence-corrected chi connectivity index (χ4v) is 11.2. The molecule has 2 aliphatic heterocycles. The molecule has 9 aromatic rings. The lowest BCUT2D eigenvalue weighted by Crippen LogP contribution is -2.61. The Morgan fingerprint density at radius 3 is 1.39 bits per heavy atom. The van der Waals surface area contributed by atoms with Gasteiger partial charge < -0.3 is 19.1 Å². The van der Waals surface area contributed by atoms with Crippen LogP contribution in [0.2, 0.25) is 0 Å². The third-order valence-corrected chi connectivity index (χ3v) is 15.2. The highest BCUT2D eigenvalue weighted by molar-refractivity contribution is 7.00. The number of rotatable bonds is 5. The van der Waals surface area contributed by atoms with E-state index in [1.807, 2.05) is 0 Å². The quantitative estimate of drug-likeness (QED) is 0.160. The predicted molar refractivity (Wildman–Crippen MR) is 307 cm³/mol. The van der Waals surface area contributed by atoms with Crippen molar-refractivity contribution in [1.29, 1.82) is 0 Å². The molecule has 0 atom stereocenters. The van der Waals surface area contributed by atoms with Crippen LogP contribution in [0.1, 0.15) is 116 Å². The standard InChI is InChI=1S/C66H68BN3O/c1-41-22-33-54(42(2)36-41)70(57-20-17-19-51-50-18-15-16-21-60(50)71-62(51)57)49-39-58-61-59(40-49)69(48-31-25-44(26-32-48)64(6,7)8)56-35-28-46(66(12,13)14)38-53(56)67(61)52-37-45(65(9,10)11)27-34-55(52)68(58)47-29-23-43(24-30-47)63(3,4)5/h15-40H,1-14H3. The Morgan fingerprint density at radius 2 is 0.901 bits per heavy atom. The molecule has 4 nitrogen and oxygen atoms in total. The van der Waals surface area contributed by atoms with Crippen molar-refractivity contribution < 1.29 is 4.42 Å². The van der Waals surface area contributed by atoms with Crippen LogP contribution >= 0.6 is 0 Å². The Labute approximate surface area is 423 Å². The summed E-state index contributed by atoms with van der Waals surface area (Å²) in [7, 11) is 0. The molecule has 2 aliphatic rings. The molecule has 0 fully saturated rings. The first-order valence-corrected chi connectivity index (χ1v) is 25.6. The van der Waals surface area contributed by atoms with E-state index in [1.54, 1.807) is 0 Å². The number of fused-ring (bicyclic) bond motifs is 7. The van der Waals surface area contributed by atoms with Gasteiger partial charge in [-0.25, -0.2) is 0 Å². The lowest BCUT2D eigenvalue weighted by molar-refractivity contribution is 0.590. The van der Waals surface area contributed by atoms with Crippen molar-refractivity contribution in [2.24, 2.45) is 0 Å². The zero-order valence-corrected chi connectivity index (χ0v) is 44.3. The molecule has 8 aromatic carbocycles. The van der Waals surface area contributed by atoms with Crippen LogP contribution in [0.25, 0.3) is 21.9 Å². The minimum Gasteiger partial charge on any atom is -0.454 e. The van der Waals surface area contributed by atoms with Gasteiger partial charge in [0, 0.05) is 50.6 Å². The fraction of sp³-hybridized carbons (Fsp3) is 0.273. The van der Waals surface area contributed by atoms with Gasteiger partial charge >= 0.3 is 0 Å². The van der Waals surface area contributed by atoms with E-state index < -0.39 is 0 Å². The number of para-hydroxylation sites is 2. The van der Waals surface area contributed by atoms with Crippen LogP contribution in [-0.2, 0) is 21.7 Å². The smallest absolute Gasteiger partial charge is 0.252 e. The van der Waals surface area contributed by atoms with Crippen molar-refractivity contribution in [2.75, 3.05) is 14.7 Å². The Morgan fingerprint density at radius 1 is 0.423 bits per heavy atom. The molecule has 0 spiro atoms. The molecule has 0 amide bonds. The van der Waals surface area contributed by atoms with E-state index in [1.165, 1.54) is 61.1 Å².